The molecular weight excluding hydrogens is 361 g/mol. The number of carbonyl (C=O) groups excluding carboxylic acids is 1. The molecule has 1 N–H and O–H groups in total. The molecule has 0 spiro atoms. The molecule has 1 aliphatic heterocycles. The van der Waals surface area contributed by atoms with Gasteiger partial charge >= 0.3 is 6.09 Å². The van der Waals surface area contributed by atoms with Gasteiger partial charge < -0.3 is 14.7 Å². The highest BCUT2D eigenvalue weighted by atomic mass is 35.5. The van der Waals surface area contributed by atoms with Crippen LogP contribution in [-0.2, 0) is 10.2 Å². The zero-order valence-corrected chi connectivity index (χ0v) is 16.4. The summed E-state index contributed by atoms with van der Waals surface area (Å²) in [6, 6.07) is 5.86. The average molecular weight is 386 g/mol. The Hall–Kier alpha value is -0.970. The van der Waals surface area contributed by atoms with Gasteiger partial charge in [0, 0.05) is 30.5 Å². The third-order valence-corrected chi connectivity index (χ3v) is 6.24. The SMILES string of the molecule is CC(C)(C)OC(=O)N1CC(CO)[C@]2(c3ccc(Cl)c(Cl)c3)CC[C@H]1C2. The van der Waals surface area contributed by atoms with Crippen molar-refractivity contribution in [3.05, 3.63) is 33.8 Å². The summed E-state index contributed by atoms with van der Waals surface area (Å²) >= 11 is 12.3. The third-order valence-electron chi connectivity index (χ3n) is 5.51. The summed E-state index contributed by atoms with van der Waals surface area (Å²) in [5, 5.41) is 11.1. The minimum atomic E-state index is -0.525. The summed E-state index contributed by atoms with van der Waals surface area (Å²) in [7, 11) is 0. The predicted octanol–water partition coefficient (Wildman–Crippen LogP) is 4.64. The first-order valence-electron chi connectivity index (χ1n) is 8.72. The van der Waals surface area contributed by atoms with Gasteiger partial charge in [-0.2, -0.15) is 0 Å². The molecule has 1 amide bonds. The second-order valence-electron chi connectivity index (χ2n) is 8.19. The first-order valence-corrected chi connectivity index (χ1v) is 9.48. The Balaban J connectivity index is 1.88. The molecule has 1 aromatic carbocycles. The standard InChI is InChI=1S/C19H25Cl2NO3/c1-18(2,3)25-17(24)22-10-13(11-23)19(7-6-14(22)9-19)12-4-5-15(20)16(21)8-12/h4-5,8,13-14,23H,6-7,9-11H2,1-3H3/t13?,14-,19+/m0/s1. The maximum absolute atomic E-state index is 12.6. The average Bonchev–Trinajstić information content (AvgIpc) is 2.89. The molecule has 1 heterocycles. The van der Waals surface area contributed by atoms with Gasteiger partial charge in [-0.05, 0) is 57.7 Å². The molecule has 25 heavy (non-hydrogen) atoms. The highest BCUT2D eigenvalue weighted by molar-refractivity contribution is 6.42. The third kappa shape index (κ3) is 3.49. The lowest BCUT2D eigenvalue weighted by Gasteiger charge is -2.45. The number of aliphatic hydroxyl groups excluding tert-OH is 1. The van der Waals surface area contributed by atoms with Crippen LogP contribution in [0.4, 0.5) is 4.79 Å². The lowest BCUT2D eigenvalue weighted by atomic mass is 9.67. The number of fused-ring (bicyclic) bond motifs is 2. The summed E-state index contributed by atoms with van der Waals surface area (Å²) in [5.74, 6) is -0.0454. The van der Waals surface area contributed by atoms with Crippen molar-refractivity contribution in [2.24, 2.45) is 5.92 Å². The van der Waals surface area contributed by atoms with Gasteiger partial charge in [0.05, 0.1) is 10.0 Å². The molecule has 2 fully saturated rings. The lowest BCUT2D eigenvalue weighted by Crippen LogP contribution is -2.53. The Kier molecular flexibility index (Phi) is 5.00. The summed E-state index contributed by atoms with van der Waals surface area (Å²) < 4.78 is 5.56. The van der Waals surface area contributed by atoms with Crippen molar-refractivity contribution in [3.8, 4) is 0 Å². The number of carbonyl (C=O) groups is 1. The minimum absolute atomic E-state index is 0.0201. The molecule has 1 saturated carbocycles. The Morgan fingerprint density at radius 2 is 2.08 bits per heavy atom. The summed E-state index contributed by atoms with van der Waals surface area (Å²) in [4.78, 5) is 14.4. The minimum Gasteiger partial charge on any atom is -0.444 e. The van der Waals surface area contributed by atoms with Gasteiger partial charge in [-0.25, -0.2) is 4.79 Å². The van der Waals surface area contributed by atoms with E-state index in [-0.39, 0.29) is 30.1 Å². The molecular formula is C19H25Cl2NO3. The van der Waals surface area contributed by atoms with Crippen LogP contribution in [0.2, 0.25) is 10.0 Å². The largest absolute Gasteiger partial charge is 0.444 e. The van der Waals surface area contributed by atoms with Crippen LogP contribution in [0.1, 0.15) is 45.6 Å². The molecule has 2 aliphatic rings. The van der Waals surface area contributed by atoms with E-state index in [9.17, 15) is 9.90 Å². The Bertz CT molecular complexity index is 673. The summed E-state index contributed by atoms with van der Waals surface area (Å²) in [5.41, 5.74) is 0.418. The molecule has 3 rings (SSSR count). The van der Waals surface area contributed by atoms with Crippen molar-refractivity contribution in [2.45, 2.75) is 57.1 Å². The topological polar surface area (TPSA) is 49.8 Å². The Labute approximate surface area is 159 Å². The van der Waals surface area contributed by atoms with Gasteiger partial charge in [0.25, 0.3) is 0 Å². The van der Waals surface area contributed by atoms with Gasteiger partial charge in [-0.3, -0.25) is 0 Å². The second-order valence-corrected chi connectivity index (χ2v) is 9.01. The maximum Gasteiger partial charge on any atom is 0.410 e. The van der Waals surface area contributed by atoms with E-state index < -0.39 is 5.60 Å². The first kappa shape index (κ1) is 18.8. The van der Waals surface area contributed by atoms with Crippen LogP contribution in [0, 0.1) is 5.92 Å². The van der Waals surface area contributed by atoms with Crippen molar-refractivity contribution in [1.29, 1.82) is 0 Å². The molecule has 0 radical (unpaired) electrons. The normalized spacial score (nSPS) is 29.0. The van der Waals surface area contributed by atoms with Crippen LogP contribution >= 0.6 is 23.2 Å². The monoisotopic (exact) mass is 385 g/mol. The number of halogens is 2. The number of ether oxygens (including phenoxy) is 1. The quantitative estimate of drug-likeness (QED) is 0.806. The number of likely N-dealkylation sites (tertiary alicyclic amines) is 1. The molecule has 1 aromatic rings. The van der Waals surface area contributed by atoms with E-state index in [0.29, 0.717) is 16.6 Å². The fourth-order valence-electron chi connectivity index (χ4n) is 4.33. The van der Waals surface area contributed by atoms with Crippen molar-refractivity contribution in [2.75, 3.05) is 13.2 Å². The molecule has 3 atom stereocenters. The van der Waals surface area contributed by atoms with Crippen molar-refractivity contribution < 1.29 is 14.6 Å². The fourth-order valence-corrected chi connectivity index (χ4v) is 4.63. The maximum atomic E-state index is 12.6. The van der Waals surface area contributed by atoms with E-state index in [1.54, 1.807) is 4.90 Å². The van der Waals surface area contributed by atoms with Gasteiger partial charge in [0.2, 0.25) is 0 Å². The molecule has 138 valence electrons. The van der Waals surface area contributed by atoms with E-state index in [1.807, 2.05) is 39.0 Å². The lowest BCUT2D eigenvalue weighted by molar-refractivity contribution is -0.00625. The number of rotatable bonds is 2. The molecule has 0 aromatic heterocycles. The van der Waals surface area contributed by atoms with Crippen LogP contribution in [0.15, 0.2) is 18.2 Å². The highest BCUT2D eigenvalue weighted by Crippen LogP contribution is 2.52. The zero-order valence-electron chi connectivity index (χ0n) is 14.9. The molecule has 1 saturated heterocycles. The van der Waals surface area contributed by atoms with Crippen LogP contribution in [-0.4, -0.2) is 40.9 Å². The summed E-state index contributed by atoms with van der Waals surface area (Å²) in [6.45, 7) is 6.12. The van der Waals surface area contributed by atoms with Gasteiger partial charge in [-0.1, -0.05) is 29.3 Å². The fraction of sp³-hybridized carbons (Fsp3) is 0.632. The Morgan fingerprint density at radius 1 is 1.36 bits per heavy atom. The number of hydrogen-bond acceptors (Lipinski definition) is 3. The number of amides is 1. The Morgan fingerprint density at radius 3 is 2.68 bits per heavy atom. The zero-order chi connectivity index (χ0) is 18.4. The van der Waals surface area contributed by atoms with Crippen LogP contribution < -0.4 is 0 Å². The molecule has 6 heteroatoms. The van der Waals surface area contributed by atoms with E-state index in [0.717, 1.165) is 24.8 Å². The van der Waals surface area contributed by atoms with Gasteiger partial charge in [-0.15, -0.1) is 0 Å². The smallest absolute Gasteiger partial charge is 0.410 e. The van der Waals surface area contributed by atoms with E-state index >= 15 is 0 Å². The molecule has 1 aliphatic carbocycles. The van der Waals surface area contributed by atoms with Crippen LogP contribution in [0.5, 0.6) is 0 Å². The van der Waals surface area contributed by atoms with Crippen molar-refractivity contribution in [1.82, 2.24) is 4.90 Å². The molecule has 2 bridgehead atoms. The van der Waals surface area contributed by atoms with Crippen LogP contribution in [0.25, 0.3) is 0 Å². The van der Waals surface area contributed by atoms with E-state index in [1.165, 1.54) is 0 Å². The number of piperidine rings is 1. The highest BCUT2D eigenvalue weighted by Gasteiger charge is 2.53. The number of benzene rings is 1. The molecule has 4 nitrogen and oxygen atoms in total. The van der Waals surface area contributed by atoms with E-state index in [2.05, 4.69) is 0 Å². The summed E-state index contributed by atoms with van der Waals surface area (Å²) in [6.07, 6.45) is 2.34. The first-order chi connectivity index (χ1) is 11.7. The molecule has 1 unspecified atom stereocenters. The van der Waals surface area contributed by atoms with Gasteiger partial charge in [0.15, 0.2) is 0 Å². The van der Waals surface area contributed by atoms with Gasteiger partial charge in [0.1, 0.15) is 5.60 Å². The van der Waals surface area contributed by atoms with Crippen molar-refractivity contribution in [3.63, 3.8) is 0 Å². The predicted molar refractivity (Wildman–Crippen MR) is 99.3 cm³/mol. The van der Waals surface area contributed by atoms with Crippen molar-refractivity contribution >= 4 is 29.3 Å². The second kappa shape index (κ2) is 6.64. The van der Waals surface area contributed by atoms with E-state index in [4.69, 9.17) is 27.9 Å². The number of nitrogens with zero attached hydrogens (tertiary/aromatic N) is 1. The number of hydrogen-bond donors (Lipinski definition) is 1. The van der Waals surface area contributed by atoms with Crippen LogP contribution in [0.3, 0.4) is 0 Å². The number of aliphatic hydroxyl groups is 1.